The molecule has 0 atom stereocenters. The summed E-state index contributed by atoms with van der Waals surface area (Å²) in [6.45, 7) is 2.76. The molecule has 0 aliphatic carbocycles. The van der Waals surface area contributed by atoms with Crippen molar-refractivity contribution in [2.75, 3.05) is 5.32 Å². The summed E-state index contributed by atoms with van der Waals surface area (Å²) in [5.41, 5.74) is 3.28. The van der Waals surface area contributed by atoms with Crippen LogP contribution in [0.15, 0.2) is 30.6 Å². The Labute approximate surface area is 100 Å². The molecule has 1 heterocycles. The van der Waals surface area contributed by atoms with Crippen molar-refractivity contribution in [3.8, 4) is 0 Å². The predicted octanol–water partition coefficient (Wildman–Crippen LogP) is 2.99. The van der Waals surface area contributed by atoms with Crippen LogP contribution < -0.4 is 5.32 Å². The number of nitrogens with one attached hydrogen (secondary N) is 1. The zero-order valence-corrected chi connectivity index (χ0v) is 10.1. The van der Waals surface area contributed by atoms with Gasteiger partial charge in [-0.05, 0) is 24.1 Å². The summed E-state index contributed by atoms with van der Waals surface area (Å²) < 4.78 is 1.77. The second-order valence-corrected chi connectivity index (χ2v) is 4.25. The van der Waals surface area contributed by atoms with Crippen LogP contribution >= 0.6 is 11.6 Å². The van der Waals surface area contributed by atoms with Crippen LogP contribution in [0, 0.1) is 6.92 Å². The molecular weight excluding hydrogens is 222 g/mol. The molecule has 0 amide bonds. The summed E-state index contributed by atoms with van der Waals surface area (Å²) in [6.07, 6.45) is 3.74. The normalized spacial score (nSPS) is 10.4. The number of hydrogen-bond acceptors (Lipinski definition) is 2. The van der Waals surface area contributed by atoms with Crippen LogP contribution in [0.5, 0.6) is 0 Å². The lowest BCUT2D eigenvalue weighted by Crippen LogP contribution is -1.98. The zero-order valence-electron chi connectivity index (χ0n) is 9.37. The van der Waals surface area contributed by atoms with E-state index in [0.717, 1.165) is 22.8 Å². The van der Waals surface area contributed by atoms with Crippen LogP contribution in [0.4, 0.5) is 5.69 Å². The van der Waals surface area contributed by atoms with E-state index in [2.05, 4.69) is 16.5 Å². The molecular formula is C12H14ClN3. The Hall–Kier alpha value is -1.48. The number of nitrogens with zero attached hydrogens (tertiary/aromatic N) is 2. The van der Waals surface area contributed by atoms with Gasteiger partial charge in [-0.25, -0.2) is 0 Å². The lowest BCUT2D eigenvalue weighted by molar-refractivity contribution is 0.768. The van der Waals surface area contributed by atoms with Crippen LogP contribution in [0.1, 0.15) is 11.1 Å². The molecule has 1 aromatic carbocycles. The molecule has 1 aromatic heterocycles. The molecule has 0 radical (unpaired) electrons. The van der Waals surface area contributed by atoms with Crippen molar-refractivity contribution in [3.63, 3.8) is 0 Å². The summed E-state index contributed by atoms with van der Waals surface area (Å²) in [5, 5.41) is 8.19. The van der Waals surface area contributed by atoms with Crippen molar-refractivity contribution in [3.05, 3.63) is 46.7 Å². The van der Waals surface area contributed by atoms with E-state index in [0.29, 0.717) is 0 Å². The van der Waals surface area contributed by atoms with E-state index in [4.69, 9.17) is 11.6 Å². The fourth-order valence-electron chi connectivity index (χ4n) is 1.46. The summed E-state index contributed by atoms with van der Waals surface area (Å²) in [5.74, 6) is 0. The van der Waals surface area contributed by atoms with E-state index in [9.17, 15) is 0 Å². The van der Waals surface area contributed by atoms with E-state index in [1.54, 1.807) is 10.9 Å². The topological polar surface area (TPSA) is 29.9 Å². The minimum Gasteiger partial charge on any atom is -0.378 e. The van der Waals surface area contributed by atoms with Gasteiger partial charge in [-0.3, -0.25) is 4.68 Å². The molecule has 84 valence electrons. The molecule has 0 spiro atoms. The number of aryl methyl sites for hydroxylation is 2. The highest BCUT2D eigenvalue weighted by atomic mass is 35.5. The van der Waals surface area contributed by atoms with Gasteiger partial charge in [-0.1, -0.05) is 23.7 Å². The standard InChI is InChI=1S/C12H14ClN3/c1-9-3-4-10(5-12(9)13)6-14-11-7-15-16(2)8-11/h3-5,7-8,14H,6H2,1-2H3. The fraction of sp³-hybridized carbons (Fsp3) is 0.250. The molecule has 16 heavy (non-hydrogen) atoms. The molecule has 0 saturated heterocycles. The van der Waals surface area contributed by atoms with Crippen LogP contribution in [-0.4, -0.2) is 9.78 Å². The molecule has 0 saturated carbocycles. The number of hydrogen-bond donors (Lipinski definition) is 1. The van der Waals surface area contributed by atoms with Gasteiger partial charge in [0.05, 0.1) is 11.9 Å². The number of rotatable bonds is 3. The van der Waals surface area contributed by atoms with E-state index in [-0.39, 0.29) is 0 Å². The fourth-order valence-corrected chi connectivity index (χ4v) is 1.67. The summed E-state index contributed by atoms with van der Waals surface area (Å²) in [4.78, 5) is 0. The van der Waals surface area contributed by atoms with Gasteiger partial charge in [0.25, 0.3) is 0 Å². The number of anilines is 1. The highest BCUT2D eigenvalue weighted by molar-refractivity contribution is 6.31. The van der Waals surface area contributed by atoms with Gasteiger partial charge >= 0.3 is 0 Å². The van der Waals surface area contributed by atoms with Gasteiger partial charge in [0.1, 0.15) is 0 Å². The molecule has 1 N–H and O–H groups in total. The summed E-state index contributed by atoms with van der Waals surface area (Å²) in [7, 11) is 1.90. The number of aromatic nitrogens is 2. The lowest BCUT2D eigenvalue weighted by Gasteiger charge is -2.05. The maximum atomic E-state index is 6.06. The van der Waals surface area contributed by atoms with Gasteiger partial charge in [-0.2, -0.15) is 5.10 Å². The van der Waals surface area contributed by atoms with Crippen molar-refractivity contribution in [2.45, 2.75) is 13.5 Å². The Balaban J connectivity index is 2.02. The molecule has 0 unspecified atom stereocenters. The average molecular weight is 236 g/mol. The second kappa shape index (κ2) is 4.58. The molecule has 4 heteroatoms. The monoisotopic (exact) mass is 235 g/mol. The molecule has 3 nitrogen and oxygen atoms in total. The first-order chi connectivity index (χ1) is 7.65. The first-order valence-corrected chi connectivity index (χ1v) is 5.50. The number of benzene rings is 1. The second-order valence-electron chi connectivity index (χ2n) is 3.84. The minimum atomic E-state index is 0.756. The Kier molecular flexibility index (Phi) is 3.15. The lowest BCUT2D eigenvalue weighted by atomic mass is 10.1. The van der Waals surface area contributed by atoms with E-state index in [1.165, 1.54) is 5.56 Å². The molecule has 0 aliphatic rings. The van der Waals surface area contributed by atoms with Gasteiger partial charge in [0.2, 0.25) is 0 Å². The molecule has 0 fully saturated rings. The maximum Gasteiger partial charge on any atom is 0.0729 e. The van der Waals surface area contributed by atoms with E-state index < -0.39 is 0 Å². The third-order valence-corrected chi connectivity index (χ3v) is 2.84. The Morgan fingerprint density at radius 1 is 1.44 bits per heavy atom. The van der Waals surface area contributed by atoms with Crippen LogP contribution in [0.2, 0.25) is 5.02 Å². The first-order valence-electron chi connectivity index (χ1n) is 5.13. The highest BCUT2D eigenvalue weighted by Crippen LogP contribution is 2.17. The SMILES string of the molecule is Cc1ccc(CNc2cnn(C)c2)cc1Cl. The Morgan fingerprint density at radius 2 is 2.25 bits per heavy atom. The van der Waals surface area contributed by atoms with Gasteiger partial charge in [0.15, 0.2) is 0 Å². The van der Waals surface area contributed by atoms with Crippen molar-refractivity contribution >= 4 is 17.3 Å². The third-order valence-electron chi connectivity index (χ3n) is 2.44. The van der Waals surface area contributed by atoms with Gasteiger partial charge in [0, 0.05) is 24.8 Å². The zero-order chi connectivity index (χ0) is 11.5. The van der Waals surface area contributed by atoms with Gasteiger partial charge < -0.3 is 5.32 Å². The predicted molar refractivity (Wildman–Crippen MR) is 66.7 cm³/mol. The van der Waals surface area contributed by atoms with E-state index in [1.807, 2.05) is 32.3 Å². The molecule has 2 rings (SSSR count). The summed E-state index contributed by atoms with van der Waals surface area (Å²) in [6, 6.07) is 6.09. The largest absolute Gasteiger partial charge is 0.378 e. The maximum absolute atomic E-state index is 6.06. The van der Waals surface area contributed by atoms with Crippen LogP contribution in [0.3, 0.4) is 0 Å². The number of halogens is 1. The molecule has 0 aliphatic heterocycles. The van der Waals surface area contributed by atoms with Crippen LogP contribution in [-0.2, 0) is 13.6 Å². The van der Waals surface area contributed by atoms with E-state index >= 15 is 0 Å². The van der Waals surface area contributed by atoms with Crippen molar-refractivity contribution in [1.82, 2.24) is 9.78 Å². The smallest absolute Gasteiger partial charge is 0.0729 e. The molecule has 0 bridgehead atoms. The third kappa shape index (κ3) is 2.55. The van der Waals surface area contributed by atoms with Crippen molar-refractivity contribution in [2.24, 2.45) is 7.05 Å². The first kappa shape index (κ1) is 11.0. The Morgan fingerprint density at radius 3 is 2.88 bits per heavy atom. The average Bonchev–Trinajstić information content (AvgIpc) is 2.66. The molecule has 2 aromatic rings. The van der Waals surface area contributed by atoms with Crippen LogP contribution in [0.25, 0.3) is 0 Å². The Bertz CT molecular complexity index is 491. The summed E-state index contributed by atoms with van der Waals surface area (Å²) >= 11 is 6.06. The highest BCUT2D eigenvalue weighted by Gasteiger charge is 1.99. The van der Waals surface area contributed by atoms with Crippen molar-refractivity contribution < 1.29 is 0 Å². The van der Waals surface area contributed by atoms with Crippen molar-refractivity contribution in [1.29, 1.82) is 0 Å². The van der Waals surface area contributed by atoms with Gasteiger partial charge in [-0.15, -0.1) is 0 Å². The quantitative estimate of drug-likeness (QED) is 0.887. The minimum absolute atomic E-state index is 0.756.